The van der Waals surface area contributed by atoms with E-state index < -0.39 is 10.0 Å². The molecule has 0 aliphatic carbocycles. The third-order valence-electron chi connectivity index (χ3n) is 3.25. The Morgan fingerprint density at radius 1 is 1.28 bits per heavy atom. The first kappa shape index (κ1) is 13.2. The first-order valence-electron chi connectivity index (χ1n) is 6.11. The predicted molar refractivity (Wildman–Crippen MR) is 68.3 cm³/mol. The molecule has 2 N–H and O–H groups in total. The third kappa shape index (κ3) is 2.62. The van der Waals surface area contributed by atoms with Crippen molar-refractivity contribution < 1.29 is 8.42 Å². The van der Waals surface area contributed by atoms with Crippen LogP contribution in [-0.2, 0) is 10.0 Å². The summed E-state index contributed by atoms with van der Waals surface area (Å²) in [7, 11) is -3.50. The number of anilines is 1. The number of nitrogens with two attached hydrogens (primary N) is 1. The van der Waals surface area contributed by atoms with Crippen molar-refractivity contribution in [3.05, 3.63) is 12.4 Å². The lowest BCUT2D eigenvalue weighted by atomic mass is 10.1. The average molecular weight is 270 g/mol. The van der Waals surface area contributed by atoms with Crippen LogP contribution in [0.25, 0.3) is 0 Å². The van der Waals surface area contributed by atoms with E-state index >= 15 is 0 Å². The molecule has 18 heavy (non-hydrogen) atoms. The lowest BCUT2D eigenvalue weighted by Gasteiger charge is -2.25. The minimum atomic E-state index is -3.50. The van der Waals surface area contributed by atoms with E-state index in [1.807, 2.05) is 6.92 Å². The average Bonchev–Trinajstić information content (AvgIpc) is 2.55. The molecule has 1 saturated heterocycles. The number of aromatic nitrogens is 2. The molecule has 0 amide bonds. The number of nitrogens with zero attached hydrogens (tertiary/aromatic N) is 3. The maximum absolute atomic E-state index is 12.5. The van der Waals surface area contributed by atoms with Crippen LogP contribution in [0.4, 0.5) is 5.95 Å². The van der Waals surface area contributed by atoms with E-state index in [9.17, 15) is 8.42 Å². The molecule has 1 unspecified atom stereocenters. The fourth-order valence-corrected chi connectivity index (χ4v) is 3.79. The summed E-state index contributed by atoms with van der Waals surface area (Å²) >= 11 is 0. The quantitative estimate of drug-likeness (QED) is 0.866. The van der Waals surface area contributed by atoms with Crippen LogP contribution in [0.3, 0.4) is 0 Å². The largest absolute Gasteiger partial charge is 0.368 e. The van der Waals surface area contributed by atoms with Crippen LogP contribution in [0.2, 0.25) is 0 Å². The van der Waals surface area contributed by atoms with Gasteiger partial charge in [-0.25, -0.2) is 18.4 Å². The number of nitrogen functional groups attached to an aromatic ring is 1. The second kappa shape index (κ2) is 5.19. The van der Waals surface area contributed by atoms with Crippen molar-refractivity contribution in [1.29, 1.82) is 0 Å². The molecule has 0 bridgehead atoms. The highest BCUT2D eigenvalue weighted by atomic mass is 32.2. The summed E-state index contributed by atoms with van der Waals surface area (Å²) in [4.78, 5) is 7.62. The number of rotatable bonds is 2. The van der Waals surface area contributed by atoms with Crippen LogP contribution >= 0.6 is 0 Å². The molecule has 2 heterocycles. The maximum Gasteiger partial charge on any atom is 0.246 e. The van der Waals surface area contributed by atoms with Crippen molar-refractivity contribution in [2.24, 2.45) is 0 Å². The fourth-order valence-electron chi connectivity index (χ4n) is 2.20. The molecular formula is C11H18N4O2S. The van der Waals surface area contributed by atoms with Crippen LogP contribution in [0.1, 0.15) is 32.6 Å². The minimum Gasteiger partial charge on any atom is -0.368 e. The highest BCUT2D eigenvalue weighted by molar-refractivity contribution is 7.89. The van der Waals surface area contributed by atoms with Gasteiger partial charge < -0.3 is 5.73 Å². The van der Waals surface area contributed by atoms with Gasteiger partial charge in [0.2, 0.25) is 16.0 Å². The van der Waals surface area contributed by atoms with E-state index in [1.54, 1.807) is 4.31 Å². The summed E-state index contributed by atoms with van der Waals surface area (Å²) in [6, 6.07) is 0.0232. The third-order valence-corrected chi connectivity index (χ3v) is 5.21. The zero-order valence-electron chi connectivity index (χ0n) is 10.4. The Kier molecular flexibility index (Phi) is 3.82. The van der Waals surface area contributed by atoms with E-state index in [0.29, 0.717) is 6.54 Å². The molecule has 0 radical (unpaired) electrons. The van der Waals surface area contributed by atoms with Crippen LogP contribution in [0.15, 0.2) is 17.3 Å². The van der Waals surface area contributed by atoms with Gasteiger partial charge in [0.1, 0.15) is 4.90 Å². The smallest absolute Gasteiger partial charge is 0.246 e. The lowest BCUT2D eigenvalue weighted by Crippen LogP contribution is -2.38. The summed E-state index contributed by atoms with van der Waals surface area (Å²) in [6.45, 7) is 2.51. The first-order chi connectivity index (χ1) is 8.51. The Hall–Kier alpha value is -1.21. The van der Waals surface area contributed by atoms with Gasteiger partial charge in [0.05, 0.1) is 12.4 Å². The first-order valence-corrected chi connectivity index (χ1v) is 7.55. The molecule has 1 aliphatic heterocycles. The molecule has 0 aromatic carbocycles. The zero-order valence-corrected chi connectivity index (χ0v) is 11.2. The van der Waals surface area contributed by atoms with Crippen LogP contribution < -0.4 is 5.73 Å². The van der Waals surface area contributed by atoms with Gasteiger partial charge >= 0.3 is 0 Å². The second-order valence-electron chi connectivity index (χ2n) is 4.59. The number of hydrogen-bond acceptors (Lipinski definition) is 5. The number of hydrogen-bond donors (Lipinski definition) is 1. The van der Waals surface area contributed by atoms with Gasteiger partial charge in [0.25, 0.3) is 0 Å². The zero-order chi connectivity index (χ0) is 13.2. The summed E-state index contributed by atoms with van der Waals surface area (Å²) in [6.07, 6.45) is 6.50. The van der Waals surface area contributed by atoms with Crippen LogP contribution in [0, 0.1) is 0 Å². The van der Waals surface area contributed by atoms with E-state index in [4.69, 9.17) is 5.73 Å². The minimum absolute atomic E-state index is 0.0232. The molecule has 0 spiro atoms. The molecule has 1 fully saturated rings. The molecule has 7 heteroatoms. The van der Waals surface area contributed by atoms with E-state index in [2.05, 4.69) is 9.97 Å². The highest BCUT2D eigenvalue weighted by Gasteiger charge is 2.30. The van der Waals surface area contributed by atoms with E-state index in [1.165, 1.54) is 12.4 Å². The van der Waals surface area contributed by atoms with Gasteiger partial charge in [-0.05, 0) is 19.8 Å². The predicted octanol–water partition coefficient (Wildman–Crippen LogP) is 1.01. The van der Waals surface area contributed by atoms with Crippen molar-refractivity contribution in [3.63, 3.8) is 0 Å². The molecule has 1 aliphatic rings. The van der Waals surface area contributed by atoms with Gasteiger partial charge in [-0.1, -0.05) is 12.8 Å². The van der Waals surface area contributed by atoms with Gasteiger partial charge in [-0.15, -0.1) is 0 Å². The molecule has 1 aromatic heterocycles. The van der Waals surface area contributed by atoms with Crippen LogP contribution in [-0.4, -0.2) is 35.3 Å². The molecule has 2 rings (SSSR count). The normalized spacial score (nSPS) is 22.6. The Morgan fingerprint density at radius 2 is 1.94 bits per heavy atom. The lowest BCUT2D eigenvalue weighted by molar-refractivity contribution is 0.342. The molecule has 1 atom stereocenters. The van der Waals surface area contributed by atoms with Crippen molar-refractivity contribution in [1.82, 2.24) is 14.3 Å². The van der Waals surface area contributed by atoms with E-state index in [-0.39, 0.29) is 16.9 Å². The molecular weight excluding hydrogens is 252 g/mol. The van der Waals surface area contributed by atoms with Crippen molar-refractivity contribution in [2.75, 3.05) is 12.3 Å². The van der Waals surface area contributed by atoms with E-state index in [0.717, 1.165) is 25.7 Å². The Bertz CT molecular complexity index is 500. The number of sulfonamides is 1. The van der Waals surface area contributed by atoms with Crippen LogP contribution in [0.5, 0.6) is 0 Å². The molecule has 1 aromatic rings. The second-order valence-corrected chi connectivity index (χ2v) is 6.48. The summed E-state index contributed by atoms with van der Waals surface area (Å²) in [5.74, 6) is 0.0814. The van der Waals surface area contributed by atoms with Crippen molar-refractivity contribution in [2.45, 2.75) is 43.5 Å². The van der Waals surface area contributed by atoms with Crippen molar-refractivity contribution in [3.8, 4) is 0 Å². The standard InChI is InChI=1S/C11H18N4O2S/c1-9-5-3-2-4-6-15(9)18(16,17)10-7-13-11(12)14-8-10/h7-9H,2-6H2,1H3,(H2,12,13,14). The van der Waals surface area contributed by atoms with Gasteiger partial charge in [0, 0.05) is 12.6 Å². The van der Waals surface area contributed by atoms with Gasteiger partial charge in [0.15, 0.2) is 0 Å². The Balaban J connectivity index is 2.31. The highest BCUT2D eigenvalue weighted by Crippen LogP contribution is 2.23. The van der Waals surface area contributed by atoms with Gasteiger partial charge in [-0.2, -0.15) is 4.31 Å². The maximum atomic E-state index is 12.5. The summed E-state index contributed by atoms with van der Waals surface area (Å²) < 4.78 is 26.5. The summed E-state index contributed by atoms with van der Waals surface area (Å²) in [5.41, 5.74) is 5.37. The molecule has 100 valence electrons. The monoisotopic (exact) mass is 270 g/mol. The molecule has 0 saturated carbocycles. The van der Waals surface area contributed by atoms with Gasteiger partial charge in [-0.3, -0.25) is 0 Å². The summed E-state index contributed by atoms with van der Waals surface area (Å²) in [5, 5.41) is 0. The Morgan fingerprint density at radius 3 is 2.61 bits per heavy atom. The fraction of sp³-hybridized carbons (Fsp3) is 0.636. The molecule has 6 nitrogen and oxygen atoms in total. The Labute approximate surface area is 107 Å². The SMILES string of the molecule is CC1CCCCCN1S(=O)(=O)c1cnc(N)nc1. The topological polar surface area (TPSA) is 89.2 Å². The van der Waals surface area contributed by atoms with Crippen molar-refractivity contribution >= 4 is 16.0 Å².